The molecule has 3 N–H and O–H groups in total. The fourth-order valence-corrected chi connectivity index (χ4v) is 7.29. The largest absolute Gasteiger partial charge is 0.511 e. The van der Waals surface area contributed by atoms with Gasteiger partial charge in [-0.25, -0.2) is 15.0 Å². The number of carbonyl (C=O) groups excluding carboxylic acids is 1. The van der Waals surface area contributed by atoms with Crippen LogP contribution in [-0.4, -0.2) is 66.9 Å². The zero-order valence-corrected chi connectivity index (χ0v) is 28.6. The van der Waals surface area contributed by atoms with E-state index in [1.807, 2.05) is 13.0 Å². The van der Waals surface area contributed by atoms with Crippen molar-refractivity contribution in [3.8, 4) is 0 Å². The Hall–Kier alpha value is -4.30. The second-order valence-corrected chi connectivity index (χ2v) is 14.1. The van der Waals surface area contributed by atoms with E-state index in [-0.39, 0.29) is 17.7 Å². The van der Waals surface area contributed by atoms with E-state index in [0.717, 1.165) is 96.5 Å². The number of hydrogen-bond donors (Lipinski definition) is 3. The van der Waals surface area contributed by atoms with E-state index in [1.165, 1.54) is 5.57 Å². The average Bonchev–Trinajstić information content (AvgIpc) is 3.74. The van der Waals surface area contributed by atoms with Crippen LogP contribution in [0.15, 0.2) is 119 Å². The van der Waals surface area contributed by atoms with Gasteiger partial charge in [0, 0.05) is 52.8 Å². The third-order valence-corrected chi connectivity index (χ3v) is 10.1. The fourth-order valence-electron chi connectivity index (χ4n) is 7.29. The molecule has 0 radical (unpaired) electrons. The monoisotopic (exact) mass is 619 g/mol. The van der Waals surface area contributed by atoms with Gasteiger partial charge in [0.1, 0.15) is 5.76 Å². The molecule has 5 heterocycles. The molecule has 240 valence electrons. The van der Waals surface area contributed by atoms with E-state index >= 15 is 0 Å². The highest BCUT2D eigenvalue weighted by Gasteiger charge is 2.41. The molecule has 1 fully saturated rings. The lowest BCUT2D eigenvalue weighted by Crippen LogP contribution is -2.41. The van der Waals surface area contributed by atoms with Crippen LogP contribution in [0.4, 0.5) is 0 Å². The molecule has 0 aromatic rings. The highest BCUT2D eigenvalue weighted by molar-refractivity contribution is 6.21. The molecule has 8 bridgehead atoms. The van der Waals surface area contributed by atoms with Crippen molar-refractivity contribution < 1.29 is 14.4 Å². The van der Waals surface area contributed by atoms with Gasteiger partial charge in [-0.3, -0.25) is 4.79 Å². The number of allylic oxidation sites excluding steroid dienone is 12. The Labute approximate surface area is 273 Å². The smallest absolute Gasteiger partial charge is 0.220 e. The van der Waals surface area contributed by atoms with Crippen LogP contribution in [0.5, 0.6) is 0 Å². The van der Waals surface area contributed by atoms with E-state index in [9.17, 15) is 9.90 Å². The second kappa shape index (κ2) is 11.8. The Morgan fingerprint density at radius 3 is 2.48 bits per heavy atom. The summed E-state index contributed by atoms with van der Waals surface area (Å²) in [6.07, 6.45) is 10.5. The molecule has 1 amide bonds. The lowest BCUT2D eigenvalue weighted by molar-refractivity contribution is -0.869. The van der Waals surface area contributed by atoms with Crippen LogP contribution < -0.4 is 10.6 Å². The highest BCUT2D eigenvalue weighted by Crippen LogP contribution is 2.46. The van der Waals surface area contributed by atoms with Crippen molar-refractivity contribution in [1.82, 2.24) is 10.6 Å². The Kier molecular flexibility index (Phi) is 8.13. The van der Waals surface area contributed by atoms with Gasteiger partial charge >= 0.3 is 0 Å². The number of fused-ring (bicyclic) bond motifs is 5. The number of quaternary nitrogens is 1. The molecule has 1 aliphatic carbocycles. The Bertz CT molecular complexity index is 1810. The number of aliphatic hydroxyl groups excluding tert-OH is 1. The van der Waals surface area contributed by atoms with Gasteiger partial charge in [0.15, 0.2) is 0 Å². The van der Waals surface area contributed by atoms with Gasteiger partial charge in [0.2, 0.25) is 5.91 Å². The molecule has 0 aromatic carbocycles. The van der Waals surface area contributed by atoms with E-state index in [1.54, 1.807) is 0 Å². The summed E-state index contributed by atoms with van der Waals surface area (Å²) in [4.78, 5) is 28.3. The number of nitrogens with zero attached hydrogens (tertiary/aromatic N) is 4. The molecule has 0 aromatic heterocycles. The summed E-state index contributed by atoms with van der Waals surface area (Å²) in [5.41, 5.74) is 14.5. The average molecular weight is 620 g/mol. The predicted octanol–water partition coefficient (Wildman–Crippen LogP) is 6.45. The fraction of sp³-hybridized carbons (Fsp3) is 0.421. The van der Waals surface area contributed by atoms with Crippen LogP contribution in [0.25, 0.3) is 0 Å². The van der Waals surface area contributed by atoms with Gasteiger partial charge in [-0.15, -0.1) is 0 Å². The first-order valence-corrected chi connectivity index (χ1v) is 16.5. The Morgan fingerprint density at radius 1 is 1.07 bits per heavy atom. The summed E-state index contributed by atoms with van der Waals surface area (Å²) in [7, 11) is 6.37. The molecular weight excluding hydrogens is 572 g/mol. The first-order valence-electron chi connectivity index (χ1n) is 16.5. The van der Waals surface area contributed by atoms with Crippen LogP contribution in [0.3, 0.4) is 0 Å². The first-order chi connectivity index (χ1) is 21.8. The molecule has 6 rings (SSSR count). The third-order valence-electron chi connectivity index (χ3n) is 10.1. The van der Waals surface area contributed by atoms with E-state index < -0.39 is 0 Å². The number of aliphatic imine (C=N–C) groups is 3. The minimum atomic E-state index is 0.0534. The van der Waals surface area contributed by atoms with Gasteiger partial charge in [-0.1, -0.05) is 26.5 Å². The number of carbonyl (C=O) groups is 1. The Balaban J connectivity index is 1.46. The zero-order valence-electron chi connectivity index (χ0n) is 28.6. The van der Waals surface area contributed by atoms with Gasteiger partial charge in [-0.2, -0.15) is 0 Å². The van der Waals surface area contributed by atoms with Crippen LogP contribution in [0, 0.1) is 11.8 Å². The molecule has 0 spiro atoms. The van der Waals surface area contributed by atoms with Crippen molar-refractivity contribution in [2.45, 2.75) is 60.3 Å². The summed E-state index contributed by atoms with van der Waals surface area (Å²) >= 11 is 0. The second-order valence-electron chi connectivity index (χ2n) is 14.1. The SMILES string of the molecule is C=CC1=C(C)C2=NC1=CC1=NC(=CC3=C(C)C4=C(O)CC(=C5NC(=C2)[C@@H](C)[C@@H]5CCC(=O)NCC[N+](C)(C)C)C4=N3)C(CC)=C1C. The maximum absolute atomic E-state index is 13.0. The molecule has 46 heavy (non-hydrogen) atoms. The summed E-state index contributed by atoms with van der Waals surface area (Å²) in [6, 6.07) is 0. The zero-order chi connectivity index (χ0) is 33.1. The summed E-state index contributed by atoms with van der Waals surface area (Å²) in [6.45, 7) is 16.2. The molecule has 2 atom stereocenters. The lowest BCUT2D eigenvalue weighted by Gasteiger charge is -2.24. The molecule has 0 unspecified atom stereocenters. The minimum absolute atomic E-state index is 0.0534. The Morgan fingerprint density at radius 2 is 1.78 bits per heavy atom. The predicted molar refractivity (Wildman–Crippen MR) is 187 cm³/mol. The molecule has 5 aliphatic heterocycles. The summed E-state index contributed by atoms with van der Waals surface area (Å²) in [5.74, 6) is 0.568. The number of rotatable bonds is 8. The normalized spacial score (nSPS) is 23.9. The molecule has 1 saturated heterocycles. The number of amides is 1. The number of hydrogen-bond acceptors (Lipinski definition) is 6. The number of likely N-dealkylation sites (N-methyl/N-ethyl adjacent to an activating group) is 1. The highest BCUT2D eigenvalue weighted by atomic mass is 16.3. The van der Waals surface area contributed by atoms with Crippen molar-refractivity contribution in [3.05, 3.63) is 104 Å². The maximum atomic E-state index is 13.0. The lowest BCUT2D eigenvalue weighted by atomic mass is 9.86. The quantitative estimate of drug-likeness (QED) is 0.273. The van der Waals surface area contributed by atoms with Gasteiger partial charge in [0.05, 0.1) is 68.5 Å². The van der Waals surface area contributed by atoms with Gasteiger partial charge in [-0.05, 0) is 74.1 Å². The van der Waals surface area contributed by atoms with Crippen molar-refractivity contribution >= 4 is 23.0 Å². The van der Waals surface area contributed by atoms with Gasteiger partial charge in [0.25, 0.3) is 0 Å². The molecule has 0 saturated carbocycles. The third kappa shape index (κ3) is 5.53. The van der Waals surface area contributed by atoms with Gasteiger partial charge < -0.3 is 20.2 Å². The molecule has 8 heteroatoms. The van der Waals surface area contributed by atoms with Crippen LogP contribution >= 0.6 is 0 Å². The number of nitrogens with one attached hydrogen (secondary N) is 2. The van der Waals surface area contributed by atoms with E-state index in [4.69, 9.17) is 15.0 Å². The standard InChI is InChI=1S/C38H46N6O2/c1-10-24-20(3)28-17-30-22(5)26(12-13-35(46)39-14-15-44(7,8)9)37(42-30)27-16-34(45)36-23(6)31(43-38(27)36)19-33-25(11-2)21(4)29(41-33)18-32(24)40-28/h10,17-19,22,26H,1,11-16H2,2-9H3,(H2-,39,40,41,42,43,45,46)/p+1/t22-,26-/m0/s1. The topological polar surface area (TPSA) is 98.4 Å². The van der Waals surface area contributed by atoms with Crippen LogP contribution in [0.2, 0.25) is 0 Å². The molecule has 6 aliphatic rings. The first kappa shape index (κ1) is 31.7. The molecule has 8 nitrogen and oxygen atoms in total. The summed E-state index contributed by atoms with van der Waals surface area (Å²) < 4.78 is 0.798. The van der Waals surface area contributed by atoms with Crippen LogP contribution in [0.1, 0.15) is 60.3 Å². The van der Waals surface area contributed by atoms with Crippen molar-refractivity contribution in [2.75, 3.05) is 34.2 Å². The van der Waals surface area contributed by atoms with Crippen molar-refractivity contribution in [2.24, 2.45) is 26.8 Å². The summed E-state index contributed by atoms with van der Waals surface area (Å²) in [5, 5.41) is 18.2. The minimum Gasteiger partial charge on any atom is -0.511 e. The number of aliphatic hydroxyl groups is 1. The molecular formula is C38H47N6O2+. The van der Waals surface area contributed by atoms with E-state index in [2.05, 4.69) is 84.3 Å². The maximum Gasteiger partial charge on any atom is 0.220 e. The van der Waals surface area contributed by atoms with Crippen molar-refractivity contribution in [3.63, 3.8) is 0 Å². The van der Waals surface area contributed by atoms with Crippen LogP contribution in [-0.2, 0) is 4.79 Å². The van der Waals surface area contributed by atoms with Crippen molar-refractivity contribution in [1.29, 1.82) is 0 Å². The van der Waals surface area contributed by atoms with E-state index in [0.29, 0.717) is 31.6 Å².